The first-order valence-corrected chi connectivity index (χ1v) is 8.34. The van der Waals surface area contributed by atoms with Crippen LogP contribution in [0.5, 0.6) is 0 Å². The molecule has 0 saturated heterocycles. The maximum Gasteiger partial charge on any atom is 0.319 e. The van der Waals surface area contributed by atoms with Crippen LogP contribution in [0.4, 0.5) is 10.5 Å². The van der Waals surface area contributed by atoms with Gasteiger partial charge in [-0.05, 0) is 49.3 Å². The molecule has 2 N–H and O–H groups in total. The summed E-state index contributed by atoms with van der Waals surface area (Å²) in [6, 6.07) is 8.38. The maximum atomic E-state index is 12.2. The highest BCUT2D eigenvalue weighted by Gasteiger charge is 2.22. The highest BCUT2D eigenvalue weighted by Crippen LogP contribution is 2.24. The molecule has 1 aromatic heterocycles. The number of anilines is 1. The number of urea groups is 1. The molecule has 1 heterocycles. The van der Waals surface area contributed by atoms with Crippen molar-refractivity contribution >= 4 is 22.6 Å². The quantitative estimate of drug-likeness (QED) is 0.869. The van der Waals surface area contributed by atoms with Gasteiger partial charge >= 0.3 is 6.03 Å². The first kappa shape index (κ1) is 14.9. The first-order chi connectivity index (χ1) is 10.7. The van der Waals surface area contributed by atoms with Crippen molar-refractivity contribution in [2.45, 2.75) is 52.1 Å². The van der Waals surface area contributed by atoms with E-state index in [9.17, 15) is 4.79 Å². The first-order valence-electron chi connectivity index (χ1n) is 8.34. The maximum absolute atomic E-state index is 12.2. The molecule has 1 aliphatic carbocycles. The molecular formula is C18H25N3O. The van der Waals surface area contributed by atoms with Gasteiger partial charge in [-0.3, -0.25) is 0 Å². The number of amides is 2. The highest BCUT2D eigenvalue weighted by molar-refractivity contribution is 5.93. The van der Waals surface area contributed by atoms with Gasteiger partial charge in [0.15, 0.2) is 0 Å². The molecule has 2 aromatic rings. The summed E-state index contributed by atoms with van der Waals surface area (Å²) in [4.78, 5) is 12.2. The molecule has 0 aliphatic heterocycles. The molecule has 2 atom stereocenters. The van der Waals surface area contributed by atoms with Crippen LogP contribution in [-0.4, -0.2) is 16.6 Å². The summed E-state index contributed by atoms with van der Waals surface area (Å²) < 4.78 is 2.18. The van der Waals surface area contributed by atoms with Gasteiger partial charge in [0.25, 0.3) is 0 Å². The van der Waals surface area contributed by atoms with Gasteiger partial charge in [0.1, 0.15) is 0 Å². The van der Waals surface area contributed by atoms with Crippen molar-refractivity contribution in [3.05, 3.63) is 30.5 Å². The molecule has 0 bridgehead atoms. The molecule has 22 heavy (non-hydrogen) atoms. The summed E-state index contributed by atoms with van der Waals surface area (Å²) in [6.07, 6.45) is 6.88. The Morgan fingerprint density at radius 2 is 2.09 bits per heavy atom. The predicted octanol–water partition coefficient (Wildman–Crippen LogP) is 4.36. The van der Waals surface area contributed by atoms with E-state index in [1.54, 1.807) is 0 Å². The van der Waals surface area contributed by atoms with E-state index in [2.05, 4.69) is 47.4 Å². The second kappa shape index (κ2) is 6.42. The smallest absolute Gasteiger partial charge is 0.319 e. The zero-order valence-corrected chi connectivity index (χ0v) is 13.4. The minimum absolute atomic E-state index is 0.0901. The van der Waals surface area contributed by atoms with Gasteiger partial charge in [-0.25, -0.2) is 4.79 Å². The van der Waals surface area contributed by atoms with Crippen molar-refractivity contribution in [3.63, 3.8) is 0 Å². The number of hydrogen-bond donors (Lipinski definition) is 2. The van der Waals surface area contributed by atoms with E-state index in [4.69, 9.17) is 0 Å². The monoisotopic (exact) mass is 299 g/mol. The summed E-state index contributed by atoms with van der Waals surface area (Å²) in [7, 11) is 0. The van der Waals surface area contributed by atoms with E-state index in [-0.39, 0.29) is 6.03 Å². The third kappa shape index (κ3) is 3.11. The number of rotatable bonds is 3. The van der Waals surface area contributed by atoms with Crippen molar-refractivity contribution < 1.29 is 4.79 Å². The molecule has 1 aliphatic rings. The van der Waals surface area contributed by atoms with E-state index in [1.807, 2.05) is 12.1 Å². The van der Waals surface area contributed by atoms with Gasteiger partial charge in [-0.1, -0.05) is 25.8 Å². The lowest BCUT2D eigenvalue weighted by molar-refractivity contribution is 0.232. The Morgan fingerprint density at radius 1 is 1.27 bits per heavy atom. The molecule has 3 rings (SSSR count). The third-order valence-corrected chi connectivity index (χ3v) is 4.80. The Hall–Kier alpha value is -1.97. The second-order valence-electron chi connectivity index (χ2n) is 6.34. The Kier molecular flexibility index (Phi) is 4.36. The highest BCUT2D eigenvalue weighted by atomic mass is 16.2. The van der Waals surface area contributed by atoms with E-state index in [0.717, 1.165) is 24.2 Å². The SMILES string of the molecule is CCn1ccc2ccc(NC(=O)NC3CCCCC3C)cc21. The van der Waals surface area contributed by atoms with Gasteiger partial charge in [-0.15, -0.1) is 0 Å². The minimum Gasteiger partial charge on any atom is -0.348 e. The number of aromatic nitrogens is 1. The van der Waals surface area contributed by atoms with E-state index >= 15 is 0 Å². The molecule has 118 valence electrons. The van der Waals surface area contributed by atoms with Crippen LogP contribution in [0.3, 0.4) is 0 Å². The molecule has 4 heteroatoms. The summed E-state index contributed by atoms with van der Waals surface area (Å²) >= 11 is 0. The van der Waals surface area contributed by atoms with Crippen LogP contribution in [0.2, 0.25) is 0 Å². The third-order valence-electron chi connectivity index (χ3n) is 4.80. The van der Waals surface area contributed by atoms with Crippen LogP contribution in [0, 0.1) is 5.92 Å². The molecule has 0 spiro atoms. The number of fused-ring (bicyclic) bond motifs is 1. The minimum atomic E-state index is -0.0901. The number of carbonyl (C=O) groups is 1. The van der Waals surface area contributed by atoms with E-state index < -0.39 is 0 Å². The zero-order valence-electron chi connectivity index (χ0n) is 13.4. The van der Waals surface area contributed by atoms with Gasteiger partial charge < -0.3 is 15.2 Å². The topological polar surface area (TPSA) is 46.1 Å². The number of aryl methyl sites for hydroxylation is 1. The largest absolute Gasteiger partial charge is 0.348 e. The van der Waals surface area contributed by atoms with Crippen LogP contribution in [0.1, 0.15) is 39.5 Å². The zero-order chi connectivity index (χ0) is 15.5. The lowest BCUT2D eigenvalue weighted by Gasteiger charge is -2.29. The Labute approximate surface area is 131 Å². The number of benzene rings is 1. The number of nitrogens with zero attached hydrogens (tertiary/aromatic N) is 1. The lowest BCUT2D eigenvalue weighted by atomic mass is 9.86. The fourth-order valence-corrected chi connectivity index (χ4v) is 3.40. The number of hydrogen-bond acceptors (Lipinski definition) is 1. The average molecular weight is 299 g/mol. The van der Waals surface area contributed by atoms with Crippen LogP contribution < -0.4 is 10.6 Å². The van der Waals surface area contributed by atoms with Crippen molar-refractivity contribution in [1.82, 2.24) is 9.88 Å². The van der Waals surface area contributed by atoms with E-state index in [1.165, 1.54) is 24.6 Å². The van der Waals surface area contributed by atoms with Gasteiger partial charge in [0.05, 0.1) is 5.52 Å². The van der Waals surface area contributed by atoms with Crippen LogP contribution in [0.25, 0.3) is 10.9 Å². The van der Waals surface area contributed by atoms with Crippen molar-refractivity contribution in [2.75, 3.05) is 5.32 Å². The molecule has 2 amide bonds. The molecule has 1 saturated carbocycles. The summed E-state index contributed by atoms with van der Waals surface area (Å²) in [5.41, 5.74) is 2.01. The molecule has 4 nitrogen and oxygen atoms in total. The van der Waals surface area contributed by atoms with Crippen LogP contribution in [-0.2, 0) is 6.54 Å². The Bertz CT molecular complexity index is 661. The Balaban J connectivity index is 1.68. The summed E-state index contributed by atoms with van der Waals surface area (Å²) in [6.45, 7) is 5.28. The number of nitrogens with one attached hydrogen (secondary N) is 2. The average Bonchev–Trinajstić information content (AvgIpc) is 2.92. The Morgan fingerprint density at radius 3 is 2.86 bits per heavy atom. The van der Waals surface area contributed by atoms with Gasteiger partial charge in [0, 0.05) is 24.5 Å². The molecule has 2 unspecified atom stereocenters. The fraction of sp³-hybridized carbons (Fsp3) is 0.500. The lowest BCUT2D eigenvalue weighted by Crippen LogP contribution is -2.43. The molecule has 1 fully saturated rings. The second-order valence-corrected chi connectivity index (χ2v) is 6.34. The standard InChI is InChI=1S/C18H25N3O/c1-3-21-11-10-14-8-9-15(12-17(14)21)19-18(22)20-16-7-5-4-6-13(16)2/h8-13,16H,3-7H2,1-2H3,(H2,19,20,22). The van der Waals surface area contributed by atoms with Gasteiger partial charge in [0.2, 0.25) is 0 Å². The number of carbonyl (C=O) groups excluding carboxylic acids is 1. The van der Waals surface area contributed by atoms with Crippen molar-refractivity contribution in [1.29, 1.82) is 0 Å². The molecule has 0 radical (unpaired) electrons. The summed E-state index contributed by atoms with van der Waals surface area (Å²) in [5, 5.41) is 7.31. The van der Waals surface area contributed by atoms with Crippen molar-refractivity contribution in [2.24, 2.45) is 5.92 Å². The predicted molar refractivity (Wildman–Crippen MR) is 91.2 cm³/mol. The normalized spacial score (nSPS) is 21.7. The van der Waals surface area contributed by atoms with Gasteiger partial charge in [-0.2, -0.15) is 0 Å². The van der Waals surface area contributed by atoms with E-state index in [0.29, 0.717) is 12.0 Å². The fourth-order valence-electron chi connectivity index (χ4n) is 3.40. The molecule has 1 aromatic carbocycles. The van der Waals surface area contributed by atoms with Crippen LogP contribution >= 0.6 is 0 Å². The van der Waals surface area contributed by atoms with Crippen molar-refractivity contribution in [3.8, 4) is 0 Å². The molecular weight excluding hydrogens is 274 g/mol. The summed E-state index contributed by atoms with van der Waals surface area (Å²) in [5.74, 6) is 0.569. The van der Waals surface area contributed by atoms with Crippen LogP contribution in [0.15, 0.2) is 30.5 Å².